The molecule has 0 aliphatic rings. The first-order valence-corrected chi connectivity index (χ1v) is 4.27. The minimum absolute atomic E-state index is 0.303. The molecular weight excluding hydrogens is 166 g/mol. The maximum absolute atomic E-state index is 10.6. The van der Waals surface area contributed by atoms with Crippen LogP contribution < -0.4 is 5.73 Å². The Morgan fingerprint density at radius 1 is 1.54 bits per heavy atom. The highest BCUT2D eigenvalue weighted by atomic mass is 16.4. The van der Waals surface area contributed by atoms with Gasteiger partial charge in [-0.25, -0.2) is 4.79 Å². The summed E-state index contributed by atoms with van der Waals surface area (Å²) < 4.78 is 0. The molecule has 0 unspecified atom stereocenters. The fourth-order valence-corrected chi connectivity index (χ4v) is 1.22. The van der Waals surface area contributed by atoms with Crippen molar-refractivity contribution in [1.82, 2.24) is 0 Å². The number of anilines is 1. The molecule has 0 aliphatic carbocycles. The Balaban J connectivity index is 3.03. The van der Waals surface area contributed by atoms with Gasteiger partial charge in [0.1, 0.15) is 0 Å². The molecule has 0 fully saturated rings. The molecule has 0 heterocycles. The van der Waals surface area contributed by atoms with Gasteiger partial charge in [0.15, 0.2) is 0 Å². The molecule has 70 valence electrons. The van der Waals surface area contributed by atoms with Crippen LogP contribution in [0.25, 0.3) is 0 Å². The van der Waals surface area contributed by atoms with Crippen LogP contribution in [0, 0.1) is 0 Å². The SMILES string of the molecule is CCCc1cc(C(=O)O)ccc1N. The van der Waals surface area contributed by atoms with Gasteiger partial charge in [0, 0.05) is 5.69 Å². The second-order valence-corrected chi connectivity index (χ2v) is 2.97. The van der Waals surface area contributed by atoms with Crippen LogP contribution >= 0.6 is 0 Å². The van der Waals surface area contributed by atoms with E-state index >= 15 is 0 Å². The molecule has 0 atom stereocenters. The first kappa shape index (κ1) is 9.58. The van der Waals surface area contributed by atoms with Crippen molar-refractivity contribution in [3.05, 3.63) is 29.3 Å². The molecule has 1 rings (SSSR count). The Bertz CT molecular complexity index is 321. The van der Waals surface area contributed by atoms with Crippen molar-refractivity contribution in [2.45, 2.75) is 19.8 Å². The standard InChI is InChI=1S/C10H13NO2/c1-2-3-7-6-8(10(12)13)4-5-9(7)11/h4-6H,2-3,11H2,1H3,(H,12,13). The molecule has 0 radical (unpaired) electrons. The van der Waals surface area contributed by atoms with Crippen LogP contribution in [-0.2, 0) is 6.42 Å². The number of benzene rings is 1. The monoisotopic (exact) mass is 179 g/mol. The normalized spacial score (nSPS) is 9.92. The summed E-state index contributed by atoms with van der Waals surface area (Å²) in [5, 5.41) is 8.73. The van der Waals surface area contributed by atoms with Gasteiger partial charge >= 0.3 is 5.97 Å². The number of aryl methyl sites for hydroxylation is 1. The number of hydrogen-bond acceptors (Lipinski definition) is 2. The Hall–Kier alpha value is -1.51. The van der Waals surface area contributed by atoms with Gasteiger partial charge in [0.05, 0.1) is 5.56 Å². The van der Waals surface area contributed by atoms with Gasteiger partial charge in [-0.2, -0.15) is 0 Å². The third-order valence-corrected chi connectivity index (χ3v) is 1.91. The van der Waals surface area contributed by atoms with Gasteiger partial charge in [0.25, 0.3) is 0 Å². The molecule has 1 aromatic carbocycles. The van der Waals surface area contributed by atoms with Gasteiger partial charge < -0.3 is 10.8 Å². The molecule has 3 nitrogen and oxygen atoms in total. The zero-order valence-corrected chi connectivity index (χ0v) is 7.58. The van der Waals surface area contributed by atoms with Crippen molar-refractivity contribution in [2.24, 2.45) is 0 Å². The van der Waals surface area contributed by atoms with E-state index in [1.165, 1.54) is 6.07 Å². The average molecular weight is 179 g/mol. The number of nitrogens with two attached hydrogens (primary N) is 1. The van der Waals surface area contributed by atoms with Gasteiger partial charge in [-0.1, -0.05) is 13.3 Å². The zero-order chi connectivity index (χ0) is 9.84. The van der Waals surface area contributed by atoms with Crippen LogP contribution in [0.2, 0.25) is 0 Å². The van der Waals surface area contributed by atoms with Crippen LogP contribution in [0.4, 0.5) is 5.69 Å². The van der Waals surface area contributed by atoms with E-state index < -0.39 is 5.97 Å². The predicted molar refractivity (Wildman–Crippen MR) is 51.8 cm³/mol. The first-order valence-electron chi connectivity index (χ1n) is 4.27. The number of carbonyl (C=O) groups is 1. The lowest BCUT2D eigenvalue weighted by Gasteiger charge is -2.04. The quantitative estimate of drug-likeness (QED) is 0.697. The Morgan fingerprint density at radius 3 is 2.77 bits per heavy atom. The zero-order valence-electron chi connectivity index (χ0n) is 7.58. The summed E-state index contributed by atoms with van der Waals surface area (Å²) in [6.07, 6.45) is 1.79. The fourth-order valence-electron chi connectivity index (χ4n) is 1.22. The fraction of sp³-hybridized carbons (Fsp3) is 0.300. The summed E-state index contributed by atoms with van der Waals surface area (Å²) in [4.78, 5) is 10.6. The second-order valence-electron chi connectivity index (χ2n) is 2.97. The van der Waals surface area contributed by atoms with Crippen molar-refractivity contribution in [2.75, 3.05) is 5.73 Å². The van der Waals surface area contributed by atoms with Crippen molar-refractivity contribution < 1.29 is 9.90 Å². The highest BCUT2D eigenvalue weighted by molar-refractivity contribution is 5.88. The van der Waals surface area contributed by atoms with Crippen LogP contribution in [0.3, 0.4) is 0 Å². The van der Waals surface area contributed by atoms with Crippen molar-refractivity contribution in [3.63, 3.8) is 0 Å². The van der Waals surface area contributed by atoms with Gasteiger partial charge in [-0.15, -0.1) is 0 Å². The summed E-state index contributed by atoms with van der Waals surface area (Å²) >= 11 is 0. The van der Waals surface area contributed by atoms with E-state index in [9.17, 15) is 4.79 Å². The third-order valence-electron chi connectivity index (χ3n) is 1.91. The molecule has 0 spiro atoms. The lowest BCUT2D eigenvalue weighted by Crippen LogP contribution is -2.00. The van der Waals surface area contributed by atoms with E-state index in [-0.39, 0.29) is 0 Å². The average Bonchev–Trinajstić information content (AvgIpc) is 2.08. The van der Waals surface area contributed by atoms with E-state index in [0.29, 0.717) is 11.3 Å². The first-order chi connectivity index (χ1) is 6.15. The number of carboxylic acids is 1. The highest BCUT2D eigenvalue weighted by Gasteiger charge is 2.05. The summed E-state index contributed by atoms with van der Waals surface area (Å²) in [7, 11) is 0. The molecule has 0 aliphatic heterocycles. The Morgan fingerprint density at radius 2 is 2.23 bits per heavy atom. The summed E-state index contributed by atoms with van der Waals surface area (Å²) in [6.45, 7) is 2.03. The van der Waals surface area contributed by atoms with E-state index in [1.807, 2.05) is 6.92 Å². The topological polar surface area (TPSA) is 63.3 Å². The van der Waals surface area contributed by atoms with E-state index in [0.717, 1.165) is 18.4 Å². The maximum Gasteiger partial charge on any atom is 0.335 e. The van der Waals surface area contributed by atoms with Gasteiger partial charge in [0.2, 0.25) is 0 Å². The molecule has 3 heteroatoms. The maximum atomic E-state index is 10.6. The molecule has 13 heavy (non-hydrogen) atoms. The Labute approximate surface area is 77.2 Å². The summed E-state index contributed by atoms with van der Waals surface area (Å²) in [6, 6.07) is 4.81. The number of hydrogen-bond donors (Lipinski definition) is 2. The second kappa shape index (κ2) is 3.94. The minimum Gasteiger partial charge on any atom is -0.478 e. The molecule has 0 bridgehead atoms. The number of carboxylic acid groups (broad SMARTS) is 1. The molecule has 0 amide bonds. The van der Waals surface area contributed by atoms with Crippen molar-refractivity contribution in [1.29, 1.82) is 0 Å². The molecule has 0 saturated carbocycles. The molecule has 0 saturated heterocycles. The van der Waals surface area contributed by atoms with Crippen molar-refractivity contribution >= 4 is 11.7 Å². The number of aromatic carboxylic acids is 1. The molecular formula is C10H13NO2. The highest BCUT2D eigenvalue weighted by Crippen LogP contribution is 2.15. The van der Waals surface area contributed by atoms with Crippen LogP contribution in [-0.4, -0.2) is 11.1 Å². The molecule has 3 N–H and O–H groups in total. The summed E-state index contributed by atoms with van der Waals surface area (Å²) in [5.74, 6) is -0.905. The summed E-state index contributed by atoms with van der Waals surface area (Å²) in [5.41, 5.74) is 7.58. The molecule has 0 aromatic heterocycles. The van der Waals surface area contributed by atoms with Crippen molar-refractivity contribution in [3.8, 4) is 0 Å². The van der Waals surface area contributed by atoms with Crippen LogP contribution in [0.1, 0.15) is 29.3 Å². The van der Waals surface area contributed by atoms with Gasteiger partial charge in [-0.05, 0) is 30.2 Å². The van der Waals surface area contributed by atoms with E-state index in [2.05, 4.69) is 0 Å². The predicted octanol–water partition coefficient (Wildman–Crippen LogP) is 1.92. The third kappa shape index (κ3) is 2.21. The van der Waals surface area contributed by atoms with Crippen LogP contribution in [0.15, 0.2) is 18.2 Å². The smallest absolute Gasteiger partial charge is 0.335 e. The number of nitrogen functional groups attached to an aromatic ring is 1. The lowest BCUT2D eigenvalue weighted by atomic mass is 10.0. The van der Waals surface area contributed by atoms with Gasteiger partial charge in [-0.3, -0.25) is 0 Å². The van der Waals surface area contributed by atoms with E-state index in [1.54, 1.807) is 12.1 Å². The molecule has 1 aromatic rings. The minimum atomic E-state index is -0.905. The Kier molecular flexibility index (Phi) is 2.90. The number of rotatable bonds is 3. The lowest BCUT2D eigenvalue weighted by molar-refractivity contribution is 0.0697. The van der Waals surface area contributed by atoms with Crippen LogP contribution in [0.5, 0.6) is 0 Å². The largest absolute Gasteiger partial charge is 0.478 e. The van der Waals surface area contributed by atoms with E-state index in [4.69, 9.17) is 10.8 Å².